The Bertz CT molecular complexity index is 526. The van der Waals surface area contributed by atoms with E-state index in [-0.39, 0.29) is 23.9 Å². The van der Waals surface area contributed by atoms with E-state index in [4.69, 9.17) is 8.83 Å². The number of piperidine rings is 1. The van der Waals surface area contributed by atoms with E-state index in [9.17, 15) is 5.21 Å². The van der Waals surface area contributed by atoms with Gasteiger partial charge in [-0.2, -0.15) is 0 Å². The molecule has 0 unspecified atom stereocenters. The topological polar surface area (TPSA) is 70.9 Å². The normalized spacial score (nSPS) is 32.6. The minimum Gasteiger partial charge on any atom is -0.468 e. The summed E-state index contributed by atoms with van der Waals surface area (Å²) in [6.07, 6.45) is 3.30. The Morgan fingerprint density at radius 1 is 1.00 bits per heavy atom. The van der Waals surface area contributed by atoms with E-state index in [0.717, 1.165) is 17.2 Å². The number of nitrogens with one attached hydrogen (secondary N) is 1. The maximum Gasteiger partial charge on any atom is 0.121 e. The first-order valence-corrected chi connectivity index (χ1v) is 6.77. The molecule has 2 aromatic heterocycles. The van der Waals surface area contributed by atoms with E-state index >= 15 is 0 Å². The molecule has 0 spiro atoms. The quantitative estimate of drug-likeness (QED) is 0.650. The van der Waals surface area contributed by atoms with Gasteiger partial charge in [0.25, 0.3) is 0 Å². The molecule has 2 aromatic rings. The van der Waals surface area contributed by atoms with Gasteiger partial charge in [0.1, 0.15) is 11.5 Å². The number of furan rings is 2. The van der Waals surface area contributed by atoms with Crippen molar-refractivity contribution in [2.75, 3.05) is 0 Å². The van der Waals surface area contributed by atoms with Crippen LogP contribution in [0.2, 0.25) is 0 Å². The van der Waals surface area contributed by atoms with Crippen molar-refractivity contribution in [1.29, 1.82) is 0 Å². The second-order valence-corrected chi connectivity index (χ2v) is 5.26. The first-order chi connectivity index (χ1) is 9.72. The molecule has 0 bridgehead atoms. The van der Waals surface area contributed by atoms with Gasteiger partial charge in [0.2, 0.25) is 0 Å². The zero-order valence-corrected chi connectivity index (χ0v) is 11.5. The molecule has 0 radical (unpaired) electrons. The molecule has 4 atom stereocenters. The molecule has 3 heterocycles. The average molecular weight is 274 g/mol. The van der Waals surface area contributed by atoms with Crippen molar-refractivity contribution in [3.63, 3.8) is 0 Å². The molecule has 0 aromatic carbocycles. The first kappa shape index (κ1) is 13.0. The van der Waals surface area contributed by atoms with Crippen molar-refractivity contribution >= 4 is 5.71 Å². The molecule has 0 amide bonds. The molecule has 2 N–H and O–H groups in total. The van der Waals surface area contributed by atoms with Gasteiger partial charge in [-0.25, -0.2) is 0 Å². The van der Waals surface area contributed by atoms with Crippen LogP contribution in [0.5, 0.6) is 0 Å². The Kier molecular flexibility index (Phi) is 3.36. The predicted octanol–water partition coefficient (Wildman–Crippen LogP) is 3.36. The zero-order valence-electron chi connectivity index (χ0n) is 11.5. The second-order valence-electron chi connectivity index (χ2n) is 5.26. The van der Waals surface area contributed by atoms with E-state index in [0.29, 0.717) is 0 Å². The van der Waals surface area contributed by atoms with E-state index in [1.807, 2.05) is 38.1 Å². The highest BCUT2D eigenvalue weighted by molar-refractivity contribution is 5.90. The third kappa shape index (κ3) is 2.04. The van der Waals surface area contributed by atoms with Gasteiger partial charge in [-0.1, -0.05) is 19.0 Å². The molecule has 20 heavy (non-hydrogen) atoms. The number of hydrogen-bond acceptors (Lipinski definition) is 5. The summed E-state index contributed by atoms with van der Waals surface area (Å²) in [5, 5.41) is 16.4. The standard InChI is InChI=1S/C15H18N2O3/c1-9-13(17-18)10(2)15(12-6-4-8-20-12)16-14(9)11-5-3-7-19-11/h3-10,14-16,18H,1-2H3/t9-,10-,14-,15+/m1/s1. The van der Waals surface area contributed by atoms with E-state index in [1.165, 1.54) is 0 Å². The van der Waals surface area contributed by atoms with Gasteiger partial charge >= 0.3 is 0 Å². The number of hydrogen-bond donors (Lipinski definition) is 2. The monoisotopic (exact) mass is 274 g/mol. The Morgan fingerprint density at radius 3 is 1.85 bits per heavy atom. The van der Waals surface area contributed by atoms with Crippen LogP contribution in [0.3, 0.4) is 0 Å². The summed E-state index contributed by atoms with van der Waals surface area (Å²) in [5.74, 6) is 1.77. The molecular weight excluding hydrogens is 256 g/mol. The molecule has 1 aliphatic rings. The molecule has 0 saturated carbocycles. The summed E-state index contributed by atoms with van der Waals surface area (Å²) < 4.78 is 11.0. The number of oxime groups is 1. The van der Waals surface area contributed by atoms with Crippen LogP contribution in [0, 0.1) is 11.8 Å². The van der Waals surface area contributed by atoms with Gasteiger partial charge in [0, 0.05) is 11.8 Å². The third-order valence-corrected chi connectivity index (χ3v) is 4.11. The van der Waals surface area contributed by atoms with Crippen molar-refractivity contribution in [2.45, 2.75) is 25.9 Å². The third-order valence-electron chi connectivity index (χ3n) is 4.11. The van der Waals surface area contributed by atoms with E-state index < -0.39 is 0 Å². The summed E-state index contributed by atoms with van der Waals surface area (Å²) in [5.41, 5.74) is 0.756. The van der Waals surface area contributed by atoms with Crippen LogP contribution in [-0.4, -0.2) is 10.9 Å². The molecule has 3 rings (SSSR count). The number of rotatable bonds is 2. The van der Waals surface area contributed by atoms with Crippen LogP contribution in [0.25, 0.3) is 0 Å². The largest absolute Gasteiger partial charge is 0.468 e. The lowest BCUT2D eigenvalue weighted by Gasteiger charge is -2.38. The highest BCUT2D eigenvalue weighted by atomic mass is 16.4. The SMILES string of the molecule is C[C@@H]1C(=NO)[C@@H](C)[C@H](c2ccco2)N[C@@H]1c1ccco1. The van der Waals surface area contributed by atoms with Crippen LogP contribution in [0.15, 0.2) is 50.8 Å². The van der Waals surface area contributed by atoms with Crippen LogP contribution >= 0.6 is 0 Å². The maximum absolute atomic E-state index is 9.36. The lowest BCUT2D eigenvalue weighted by Crippen LogP contribution is -2.46. The Balaban J connectivity index is 1.97. The van der Waals surface area contributed by atoms with E-state index in [2.05, 4.69) is 10.5 Å². The molecule has 1 saturated heterocycles. The molecule has 1 fully saturated rings. The molecule has 5 heteroatoms. The smallest absolute Gasteiger partial charge is 0.121 e. The van der Waals surface area contributed by atoms with Gasteiger partial charge in [0.15, 0.2) is 0 Å². The van der Waals surface area contributed by atoms with Crippen LogP contribution in [-0.2, 0) is 0 Å². The Morgan fingerprint density at radius 2 is 1.50 bits per heavy atom. The summed E-state index contributed by atoms with van der Waals surface area (Å²) >= 11 is 0. The fraction of sp³-hybridized carbons (Fsp3) is 0.400. The van der Waals surface area contributed by atoms with Crippen LogP contribution < -0.4 is 5.32 Å². The molecule has 5 nitrogen and oxygen atoms in total. The average Bonchev–Trinajstić information content (AvgIpc) is 3.12. The van der Waals surface area contributed by atoms with Gasteiger partial charge in [-0.15, -0.1) is 0 Å². The van der Waals surface area contributed by atoms with Crippen LogP contribution in [0.1, 0.15) is 37.5 Å². The van der Waals surface area contributed by atoms with Gasteiger partial charge in [-0.3, -0.25) is 5.32 Å². The zero-order chi connectivity index (χ0) is 14.1. The minimum absolute atomic E-state index is 0.0396. The second kappa shape index (κ2) is 5.17. The fourth-order valence-electron chi connectivity index (χ4n) is 3.01. The molecule has 106 valence electrons. The summed E-state index contributed by atoms with van der Waals surface area (Å²) in [4.78, 5) is 0. The van der Waals surface area contributed by atoms with Crippen molar-refractivity contribution in [1.82, 2.24) is 5.32 Å². The van der Waals surface area contributed by atoms with Gasteiger partial charge in [-0.05, 0) is 24.3 Å². The Hall–Kier alpha value is -2.01. The lowest BCUT2D eigenvalue weighted by atomic mass is 9.78. The predicted molar refractivity (Wildman–Crippen MR) is 73.6 cm³/mol. The van der Waals surface area contributed by atoms with Crippen molar-refractivity contribution in [2.24, 2.45) is 17.0 Å². The molecule has 0 aliphatic carbocycles. The summed E-state index contributed by atoms with van der Waals surface area (Å²) in [6, 6.07) is 7.50. The molecule has 1 aliphatic heterocycles. The van der Waals surface area contributed by atoms with Gasteiger partial charge in [0.05, 0.1) is 30.3 Å². The lowest BCUT2D eigenvalue weighted by molar-refractivity contribution is 0.236. The van der Waals surface area contributed by atoms with E-state index in [1.54, 1.807) is 12.5 Å². The molecular formula is C15H18N2O3. The minimum atomic E-state index is -0.0396. The number of nitrogens with zero attached hydrogens (tertiary/aromatic N) is 1. The Labute approximate surface area is 117 Å². The summed E-state index contributed by atoms with van der Waals surface area (Å²) in [6.45, 7) is 4.06. The summed E-state index contributed by atoms with van der Waals surface area (Å²) in [7, 11) is 0. The fourth-order valence-corrected chi connectivity index (χ4v) is 3.01. The van der Waals surface area contributed by atoms with Crippen molar-refractivity contribution in [3.8, 4) is 0 Å². The highest BCUT2D eigenvalue weighted by Crippen LogP contribution is 2.38. The van der Waals surface area contributed by atoms with Gasteiger partial charge < -0.3 is 14.0 Å². The van der Waals surface area contributed by atoms with Crippen molar-refractivity contribution in [3.05, 3.63) is 48.3 Å². The highest BCUT2D eigenvalue weighted by Gasteiger charge is 2.41. The van der Waals surface area contributed by atoms with Crippen LogP contribution in [0.4, 0.5) is 0 Å². The van der Waals surface area contributed by atoms with Crippen molar-refractivity contribution < 1.29 is 14.0 Å². The first-order valence-electron chi connectivity index (χ1n) is 6.77. The maximum atomic E-state index is 9.36.